The van der Waals surface area contributed by atoms with E-state index in [1.165, 1.54) is 107 Å². The largest absolute Gasteiger partial charge is 0.417 e. The van der Waals surface area contributed by atoms with Gasteiger partial charge in [-0.1, -0.05) is 84.5 Å². The molecule has 528 valence electrons. The maximum Gasteiger partial charge on any atom is 0.417 e. The molecule has 0 bridgehead atoms. The maximum absolute atomic E-state index is 13.2. The van der Waals surface area contributed by atoms with Crippen LogP contribution in [0.1, 0.15) is 34.5 Å². The van der Waals surface area contributed by atoms with Gasteiger partial charge in [0.2, 0.25) is 5.78 Å². The number of carbonyl (C=O) groups excluding carboxylic acids is 1. The summed E-state index contributed by atoms with van der Waals surface area (Å²) in [7, 11) is -0.713. The van der Waals surface area contributed by atoms with Crippen molar-refractivity contribution in [1.29, 1.82) is 0 Å². The van der Waals surface area contributed by atoms with Crippen molar-refractivity contribution in [3.63, 3.8) is 0 Å². The van der Waals surface area contributed by atoms with Crippen LogP contribution in [0.5, 0.6) is 23.0 Å². The van der Waals surface area contributed by atoms with Crippen molar-refractivity contribution in [2.75, 3.05) is 45.4 Å². The van der Waals surface area contributed by atoms with Crippen molar-refractivity contribution >= 4 is 296 Å². The zero-order valence-electron chi connectivity index (χ0n) is 45.1. The number of rotatable bonds is 19. The number of ketones is 1. The number of aromatic nitrogens is 2. The SMILES string of the molecule is C.COc1cccc(OC)c1S(=O)(=O)Cl.COc1cccc(OC)c1S(=O)(=O)Nc1cc(-c2ccccc2C(F)(F)F)on1.II(I)I(I)I(I)I(I)I(I)I(I)I(I)I(I)I.Nc1cc(-c2ccccc2C(F)(F)F)on1.[C-]#[N+]CC(=O)c1ccccc1C(F)(F)F. The Bertz CT molecular complexity index is 3760. The molecule has 0 saturated carbocycles. The van der Waals surface area contributed by atoms with Gasteiger partial charge in [-0.15, -0.1) is 0 Å². The van der Waals surface area contributed by atoms with Crippen LogP contribution in [0.25, 0.3) is 27.5 Å². The molecule has 0 unspecified atom stereocenters. The Hall–Kier alpha value is 5.18. The van der Waals surface area contributed by atoms with E-state index < -0.39 is 88.0 Å². The molecule has 0 radical (unpaired) electrons. The van der Waals surface area contributed by atoms with E-state index in [9.17, 15) is 61.1 Å². The van der Waals surface area contributed by atoms with E-state index in [0.29, 0.717) is 0 Å². The second kappa shape index (κ2) is 45.1. The van der Waals surface area contributed by atoms with E-state index >= 15 is 0 Å². The summed E-state index contributed by atoms with van der Waals surface area (Å²) in [5, 5.41) is 6.87. The van der Waals surface area contributed by atoms with Crippen LogP contribution in [-0.4, -0.2) is 67.9 Å². The monoisotopic (exact) mass is 3410 g/mol. The fourth-order valence-electron chi connectivity index (χ4n) is 6.40. The third kappa shape index (κ3) is 30.4. The number of nitrogens with two attached hydrogens (primary N) is 1. The van der Waals surface area contributed by atoms with Gasteiger partial charge >= 0.3 is 268 Å². The first-order chi connectivity index (χ1) is 42.7. The second-order valence-corrected chi connectivity index (χ2v) is 409. The van der Waals surface area contributed by atoms with Crippen LogP contribution in [0, 0.1) is 6.57 Å². The Morgan fingerprint density at radius 1 is 0.548 bits per heavy atom. The average molecular weight is 3410 g/mol. The number of nitrogens with one attached hydrogen (secondary N) is 1. The molecule has 0 fully saturated rings. The Morgan fingerprint density at radius 3 is 1.24 bits per heavy atom. The van der Waals surface area contributed by atoms with Gasteiger partial charge < -0.3 is 38.6 Å². The van der Waals surface area contributed by atoms with Crippen molar-refractivity contribution in [3.8, 4) is 45.6 Å². The summed E-state index contributed by atoms with van der Waals surface area (Å²) >= 11 is 30.0. The number of nitrogens with zero attached hydrogens (tertiary/aromatic N) is 3. The Morgan fingerprint density at radius 2 is 0.892 bits per heavy atom. The molecular formula is C47H41ClF9I18N5O11S2. The quantitative estimate of drug-likeness (QED) is 0.0253. The zero-order chi connectivity index (χ0) is 69.9. The number of ether oxygens (including phenoxy) is 4. The smallest absolute Gasteiger partial charge is 0.381 e. The molecule has 0 atom stereocenters. The normalized spacial score (nSPS) is 12.5. The minimum atomic E-state index is -4.62. The number of anilines is 2. The van der Waals surface area contributed by atoms with E-state index in [2.05, 4.69) is 206 Å². The van der Waals surface area contributed by atoms with E-state index in [1.54, 1.807) is 12.1 Å². The van der Waals surface area contributed by atoms with E-state index in [-0.39, 0.29) is 122 Å². The third-order valence-corrected chi connectivity index (χ3v) is 1170. The van der Waals surface area contributed by atoms with Crippen molar-refractivity contribution < 1.29 is 89.1 Å². The third-order valence-electron chi connectivity index (χ3n) is 9.88. The van der Waals surface area contributed by atoms with Crippen LogP contribution in [-0.2, 0) is 37.6 Å². The van der Waals surface area contributed by atoms with Gasteiger partial charge in [0.05, 0.1) is 45.1 Å². The first kappa shape index (κ1) is 94.3. The maximum atomic E-state index is 13.2. The van der Waals surface area contributed by atoms with Gasteiger partial charge in [-0.25, -0.2) is 23.4 Å². The predicted molar refractivity (Wildman–Crippen MR) is 508 cm³/mol. The molecule has 0 aliphatic rings. The molecule has 16 nitrogen and oxygen atoms in total. The molecule has 0 spiro atoms. The molecule has 0 aliphatic carbocycles. The van der Waals surface area contributed by atoms with Crippen molar-refractivity contribution in [3.05, 3.63) is 155 Å². The van der Waals surface area contributed by atoms with Crippen LogP contribution in [0.15, 0.2) is 140 Å². The minimum absolute atomic E-state index is 0. The molecule has 3 N–H and O–H groups in total. The summed E-state index contributed by atoms with van der Waals surface area (Å²) in [6.07, 6.45) is -13.6. The number of methoxy groups -OCH3 is 4. The molecule has 5 aromatic carbocycles. The summed E-state index contributed by atoms with van der Waals surface area (Å²) in [6, 6.07) is 25.6. The number of nitrogen functional groups attached to an aromatic ring is 1. The van der Waals surface area contributed by atoms with E-state index in [0.717, 1.165) is 30.3 Å². The van der Waals surface area contributed by atoms with Crippen LogP contribution >= 0.6 is 260 Å². The molecule has 0 amide bonds. The Balaban J connectivity index is 0.000000408. The van der Waals surface area contributed by atoms with E-state index in [4.69, 9.17) is 51.0 Å². The van der Waals surface area contributed by atoms with Gasteiger partial charge in [0.25, 0.3) is 25.6 Å². The first-order valence-electron chi connectivity index (χ1n) is 22.5. The number of halogens is 28. The summed E-state index contributed by atoms with van der Waals surface area (Å²) in [5.74, 6) is -0.937. The zero-order valence-corrected chi connectivity index (χ0v) is 86.3. The molecule has 7 aromatic rings. The van der Waals surface area contributed by atoms with Crippen LogP contribution in [0.4, 0.5) is 51.1 Å². The first-order valence-corrected chi connectivity index (χ1v) is 133. The standard InChI is InChI=1S/C18H15F3N2O5S.C10H7F3N2O.C10H6F3NO.C8H9ClO4S.CH4.I18/c1-26-13-8-5-9-14(27-2)17(13)29(24,25)23-16-10-15(28-22-16)11-6-3-4-7-12(11)18(19,20)21;11-10(12,13)7-4-2-1-3-6(7)8-5-9(14)15-16-8;1-14-6-9(15)7-4-2-3-5-8(7)10(11,12)13;1-12-6-4-3-5-7(13-2)8(6)14(9,10)11;;1-11(2)13(5)15(7)17(9)18(10)16(8)14(6)12(3)4/h3-10H,1-2H3,(H,22,23);1-5H,(H2,14,15);2-5H,6H2;3-5H,1-2H3;1H4;. The number of hydrogen-bond acceptors (Lipinski definition) is 14. The van der Waals surface area contributed by atoms with Crippen molar-refractivity contribution in [2.24, 2.45) is 0 Å². The molecule has 0 saturated heterocycles. The van der Waals surface area contributed by atoms with Gasteiger partial charge in [0.1, 0.15) is 23.0 Å². The summed E-state index contributed by atoms with van der Waals surface area (Å²) < 4.78 is 194. The number of carbonyl (C=O) groups is 1. The van der Waals surface area contributed by atoms with Gasteiger partial charge in [0.15, 0.2) is 32.9 Å². The fourth-order valence-corrected chi connectivity index (χ4v) is 2520. The van der Waals surface area contributed by atoms with Crippen LogP contribution in [0.3, 0.4) is 0 Å². The molecule has 46 heteroatoms. The van der Waals surface area contributed by atoms with Gasteiger partial charge in [0, 0.05) is 39.5 Å². The topological polar surface area (TPSA) is 217 Å². The Kier molecular flexibility index (Phi) is 45.7. The Labute approximate surface area is 661 Å². The number of benzene rings is 5. The molecule has 2 aromatic heterocycles. The summed E-state index contributed by atoms with van der Waals surface area (Å²) in [5.41, 5.74) is 1.81. The fraction of sp³-hybridized carbons (Fsp3) is 0.191. The molecule has 2 heterocycles. The molecule has 93 heavy (non-hydrogen) atoms. The number of hydrogen-bond donors (Lipinski definition) is 2. The summed E-state index contributed by atoms with van der Waals surface area (Å²) in [4.78, 5) is 13.5. The number of alkyl halides is 9. The number of sulfonamides is 1. The molecular weight excluding hydrogens is 3370 g/mol. The van der Waals surface area contributed by atoms with Crippen molar-refractivity contribution in [2.45, 2.75) is 35.7 Å². The molecule has 7 rings (SSSR count). The van der Waals surface area contributed by atoms with Crippen LogP contribution < -0.4 is 29.4 Å². The van der Waals surface area contributed by atoms with Gasteiger partial charge in [-0.2, -0.15) is 39.5 Å². The second-order valence-electron chi connectivity index (χ2n) is 15.4. The predicted octanol–water partition coefficient (Wildman–Crippen LogP) is 28.1. The molecule has 0 aliphatic heterocycles. The average Bonchev–Trinajstić information content (AvgIpc) is 1.80. The summed E-state index contributed by atoms with van der Waals surface area (Å²) in [6.45, 7) is 5.87. The van der Waals surface area contributed by atoms with Gasteiger partial charge in [-0.05, 0) is 42.5 Å². The minimum Gasteiger partial charge on any atom is -0.381 e. The van der Waals surface area contributed by atoms with Crippen LogP contribution in [0.2, 0.25) is 0 Å². The number of Topliss-reactive ketones (excluding diaryl/α,β-unsaturated/α-hetero) is 1. The van der Waals surface area contributed by atoms with E-state index in [1.807, 2.05) is 0 Å². The van der Waals surface area contributed by atoms with Crippen molar-refractivity contribution in [1.82, 2.24) is 10.3 Å². The van der Waals surface area contributed by atoms with Gasteiger partial charge in [-0.3, -0.25) is 9.52 Å².